The molecule has 0 aromatic heterocycles. The van der Waals surface area contributed by atoms with Gasteiger partial charge in [-0.1, -0.05) is 20.8 Å². The summed E-state index contributed by atoms with van der Waals surface area (Å²) < 4.78 is 11.0. The molecule has 0 aromatic carbocycles. The molecule has 0 amide bonds. The Kier molecular flexibility index (Phi) is 3.40. The number of carbonyl (C=O) groups excluding carboxylic acids is 1. The van der Waals surface area contributed by atoms with Gasteiger partial charge in [-0.05, 0) is 18.1 Å². The van der Waals surface area contributed by atoms with Gasteiger partial charge in [0, 0.05) is 6.08 Å². The molecule has 0 spiro atoms. The van der Waals surface area contributed by atoms with E-state index in [4.69, 9.17) is 9.16 Å². The lowest BCUT2D eigenvalue weighted by Gasteiger charge is -2.36. The van der Waals surface area contributed by atoms with Gasteiger partial charge in [-0.15, -0.1) is 0 Å². The molecule has 86 valence electrons. The van der Waals surface area contributed by atoms with Crippen LogP contribution in [0.2, 0.25) is 18.1 Å². The number of ketones is 1. The van der Waals surface area contributed by atoms with Crippen molar-refractivity contribution in [3.63, 3.8) is 0 Å². The lowest BCUT2D eigenvalue weighted by molar-refractivity contribution is -0.121. The molecule has 1 heterocycles. The minimum atomic E-state index is -1.76. The van der Waals surface area contributed by atoms with Crippen LogP contribution >= 0.6 is 0 Å². The third-order valence-electron chi connectivity index (χ3n) is 3.19. The van der Waals surface area contributed by atoms with Crippen LogP contribution in [0.5, 0.6) is 0 Å². The summed E-state index contributed by atoms with van der Waals surface area (Å²) in [5, 5.41) is 0.169. The summed E-state index contributed by atoms with van der Waals surface area (Å²) in [5.41, 5.74) is 0. The summed E-state index contributed by atoms with van der Waals surface area (Å²) in [6, 6.07) is 0. The Hall–Kier alpha value is -0.613. The van der Waals surface area contributed by atoms with E-state index in [1.807, 2.05) is 0 Å². The van der Waals surface area contributed by atoms with Crippen molar-refractivity contribution in [2.24, 2.45) is 0 Å². The summed E-state index contributed by atoms with van der Waals surface area (Å²) in [6.45, 7) is 11.2. The van der Waals surface area contributed by atoms with Gasteiger partial charge >= 0.3 is 0 Å². The van der Waals surface area contributed by atoms with E-state index < -0.39 is 14.4 Å². The average Bonchev–Trinajstić information content (AvgIpc) is 2.46. The standard InChI is InChI=1S/C11H20O3Si/c1-11(2,3)15(4,5)14-8-10-9(12)6-7-13-10/h6-7,10H,8H2,1-5H3/t10-/m1/s1. The molecule has 1 atom stereocenters. The van der Waals surface area contributed by atoms with E-state index in [0.717, 1.165) is 0 Å². The first-order valence-electron chi connectivity index (χ1n) is 5.24. The molecular weight excluding hydrogens is 208 g/mol. The maximum atomic E-state index is 11.3. The van der Waals surface area contributed by atoms with E-state index >= 15 is 0 Å². The Labute approximate surface area is 92.6 Å². The van der Waals surface area contributed by atoms with Crippen molar-refractivity contribution >= 4 is 14.1 Å². The van der Waals surface area contributed by atoms with Crippen LogP contribution in [0.1, 0.15) is 20.8 Å². The Morgan fingerprint density at radius 1 is 1.47 bits per heavy atom. The number of carbonyl (C=O) groups is 1. The molecule has 3 nitrogen and oxygen atoms in total. The highest BCUT2D eigenvalue weighted by molar-refractivity contribution is 6.74. The van der Waals surface area contributed by atoms with E-state index in [0.29, 0.717) is 6.61 Å². The minimum absolute atomic E-state index is 0.00806. The van der Waals surface area contributed by atoms with Gasteiger partial charge < -0.3 is 9.16 Å². The smallest absolute Gasteiger partial charge is 0.201 e. The molecule has 15 heavy (non-hydrogen) atoms. The Bertz CT molecular complexity index is 276. The van der Waals surface area contributed by atoms with Gasteiger partial charge in [-0.25, -0.2) is 0 Å². The lowest BCUT2D eigenvalue weighted by atomic mass is 10.2. The van der Waals surface area contributed by atoms with Gasteiger partial charge in [0.2, 0.25) is 5.78 Å². The SMILES string of the molecule is CC(C)(C)[Si](C)(C)OC[C@H]1OC=CC1=O. The van der Waals surface area contributed by atoms with Crippen LogP contribution in [0.4, 0.5) is 0 Å². The second-order valence-corrected chi connectivity index (χ2v) is 10.2. The van der Waals surface area contributed by atoms with Gasteiger partial charge in [0.1, 0.15) is 0 Å². The topological polar surface area (TPSA) is 35.5 Å². The molecule has 0 saturated heterocycles. The first-order chi connectivity index (χ1) is 6.74. The zero-order chi connectivity index (χ0) is 11.7. The Balaban J connectivity index is 2.47. The van der Waals surface area contributed by atoms with Crippen molar-refractivity contribution in [2.45, 2.75) is 45.0 Å². The quantitative estimate of drug-likeness (QED) is 0.696. The molecule has 1 aliphatic heterocycles. The van der Waals surface area contributed by atoms with Crippen molar-refractivity contribution in [1.82, 2.24) is 0 Å². The van der Waals surface area contributed by atoms with E-state index in [-0.39, 0.29) is 10.8 Å². The summed E-state index contributed by atoms with van der Waals surface area (Å²) in [6.07, 6.45) is 2.49. The highest BCUT2D eigenvalue weighted by Gasteiger charge is 2.38. The molecule has 0 N–H and O–H groups in total. The third-order valence-corrected chi connectivity index (χ3v) is 7.69. The molecule has 0 bridgehead atoms. The van der Waals surface area contributed by atoms with Crippen LogP contribution in [-0.4, -0.2) is 26.8 Å². The largest absolute Gasteiger partial charge is 0.487 e. The van der Waals surface area contributed by atoms with Crippen LogP contribution in [-0.2, 0) is 14.0 Å². The molecule has 1 aliphatic rings. The molecule has 0 aliphatic carbocycles. The fraction of sp³-hybridized carbons (Fsp3) is 0.727. The highest BCUT2D eigenvalue weighted by atomic mass is 28.4. The number of hydrogen-bond acceptors (Lipinski definition) is 3. The number of ether oxygens (including phenoxy) is 1. The number of rotatable bonds is 3. The van der Waals surface area contributed by atoms with E-state index in [1.165, 1.54) is 12.3 Å². The molecule has 0 saturated carbocycles. The fourth-order valence-electron chi connectivity index (χ4n) is 0.998. The monoisotopic (exact) mass is 228 g/mol. The Morgan fingerprint density at radius 3 is 2.47 bits per heavy atom. The summed E-state index contributed by atoms with van der Waals surface area (Å²) >= 11 is 0. The molecule has 0 unspecified atom stereocenters. The van der Waals surface area contributed by atoms with Gasteiger partial charge in [0.25, 0.3) is 0 Å². The zero-order valence-corrected chi connectivity index (χ0v) is 11.2. The minimum Gasteiger partial charge on any atom is -0.487 e. The predicted molar refractivity (Wildman–Crippen MR) is 62.2 cm³/mol. The van der Waals surface area contributed by atoms with Gasteiger partial charge in [-0.3, -0.25) is 4.79 Å². The van der Waals surface area contributed by atoms with Crippen molar-refractivity contribution in [2.75, 3.05) is 6.61 Å². The van der Waals surface area contributed by atoms with Crippen molar-refractivity contribution in [1.29, 1.82) is 0 Å². The van der Waals surface area contributed by atoms with Crippen molar-refractivity contribution < 1.29 is 14.0 Å². The maximum absolute atomic E-state index is 11.3. The van der Waals surface area contributed by atoms with Crippen LogP contribution in [0.3, 0.4) is 0 Å². The van der Waals surface area contributed by atoms with Crippen molar-refractivity contribution in [3.05, 3.63) is 12.3 Å². The van der Waals surface area contributed by atoms with Gasteiger partial charge in [0.15, 0.2) is 14.4 Å². The van der Waals surface area contributed by atoms with Crippen LogP contribution in [0.25, 0.3) is 0 Å². The van der Waals surface area contributed by atoms with E-state index in [1.54, 1.807) is 0 Å². The summed E-state index contributed by atoms with van der Waals surface area (Å²) in [7, 11) is -1.76. The molecule has 0 fully saturated rings. The second kappa shape index (κ2) is 4.10. The Morgan fingerprint density at radius 2 is 2.07 bits per heavy atom. The maximum Gasteiger partial charge on any atom is 0.201 e. The number of hydrogen-bond donors (Lipinski definition) is 0. The van der Waals surface area contributed by atoms with Crippen LogP contribution < -0.4 is 0 Å². The summed E-state index contributed by atoms with van der Waals surface area (Å²) in [5.74, 6) is 0.00806. The normalized spacial score (nSPS) is 21.9. The first kappa shape index (κ1) is 12.5. The molecule has 0 radical (unpaired) electrons. The van der Waals surface area contributed by atoms with Crippen LogP contribution in [0, 0.1) is 0 Å². The van der Waals surface area contributed by atoms with Crippen molar-refractivity contribution in [3.8, 4) is 0 Å². The molecule has 1 rings (SSSR count). The first-order valence-corrected chi connectivity index (χ1v) is 8.15. The third kappa shape index (κ3) is 2.92. The van der Waals surface area contributed by atoms with Gasteiger partial charge in [0.05, 0.1) is 12.9 Å². The zero-order valence-electron chi connectivity index (χ0n) is 10.2. The lowest BCUT2D eigenvalue weighted by Crippen LogP contribution is -2.43. The molecular formula is C11H20O3Si. The predicted octanol–water partition coefficient (Wildman–Crippen LogP) is 2.49. The molecule has 4 heteroatoms. The summed E-state index contributed by atoms with van der Waals surface area (Å²) in [4.78, 5) is 11.3. The fourth-order valence-corrected chi connectivity index (χ4v) is 2.00. The van der Waals surface area contributed by atoms with Gasteiger partial charge in [-0.2, -0.15) is 0 Å². The van der Waals surface area contributed by atoms with Crippen LogP contribution in [0.15, 0.2) is 12.3 Å². The second-order valence-electron chi connectivity index (χ2n) is 5.40. The molecule has 0 aromatic rings. The highest BCUT2D eigenvalue weighted by Crippen LogP contribution is 2.36. The van der Waals surface area contributed by atoms with E-state index in [2.05, 4.69) is 33.9 Å². The van der Waals surface area contributed by atoms with E-state index in [9.17, 15) is 4.79 Å². The average molecular weight is 228 g/mol.